The summed E-state index contributed by atoms with van der Waals surface area (Å²) in [6, 6.07) is 20.0. The van der Waals surface area contributed by atoms with E-state index in [4.69, 9.17) is 0 Å². The molecule has 156 valence electrons. The van der Waals surface area contributed by atoms with E-state index in [1.807, 2.05) is 24.3 Å². The van der Waals surface area contributed by atoms with Gasteiger partial charge in [0.2, 0.25) is 5.91 Å². The number of hydrogen-bond acceptors (Lipinski definition) is 5. The zero-order valence-electron chi connectivity index (χ0n) is 16.5. The predicted octanol–water partition coefficient (Wildman–Crippen LogP) is 3.82. The van der Waals surface area contributed by atoms with Gasteiger partial charge in [-0.1, -0.05) is 42.5 Å². The second-order valence-electron chi connectivity index (χ2n) is 7.19. The van der Waals surface area contributed by atoms with Gasteiger partial charge in [0.15, 0.2) is 0 Å². The molecule has 0 aliphatic heterocycles. The zero-order valence-corrected chi connectivity index (χ0v) is 16.5. The van der Waals surface area contributed by atoms with E-state index in [0.717, 1.165) is 16.6 Å². The Bertz CT molecular complexity index is 1200. The molecule has 4 rings (SSSR count). The number of aromatic amines is 1. The summed E-state index contributed by atoms with van der Waals surface area (Å²) in [5.41, 5.74) is 2.78. The third kappa shape index (κ3) is 4.69. The largest absolute Gasteiger partial charge is 0.508 e. The molecular formula is C23H20N4O4. The molecule has 3 aromatic carbocycles. The highest BCUT2D eigenvalue weighted by Gasteiger charge is 2.21. The Labute approximate surface area is 177 Å². The van der Waals surface area contributed by atoms with E-state index in [9.17, 15) is 20.0 Å². The van der Waals surface area contributed by atoms with Crippen LogP contribution >= 0.6 is 0 Å². The maximum Gasteiger partial charge on any atom is 0.273 e. The SMILES string of the molecule is O=C(Cc1ccccc1[N+](=O)[O-])NC(Cc1ccc(O)cc1)c1nc2ccccc2[nH]1. The van der Waals surface area contributed by atoms with Crippen LogP contribution in [-0.2, 0) is 17.6 Å². The fourth-order valence-electron chi connectivity index (χ4n) is 3.48. The quantitative estimate of drug-likeness (QED) is 0.312. The van der Waals surface area contributed by atoms with Crippen LogP contribution < -0.4 is 5.32 Å². The lowest BCUT2D eigenvalue weighted by Crippen LogP contribution is -2.32. The number of fused-ring (bicyclic) bond motifs is 1. The van der Waals surface area contributed by atoms with Crippen molar-refractivity contribution in [2.45, 2.75) is 18.9 Å². The van der Waals surface area contributed by atoms with Crippen molar-refractivity contribution in [2.24, 2.45) is 0 Å². The number of phenols is 1. The zero-order chi connectivity index (χ0) is 21.8. The molecule has 0 fully saturated rings. The van der Waals surface area contributed by atoms with E-state index < -0.39 is 11.0 Å². The number of phenolic OH excluding ortho intramolecular Hbond substituents is 1. The molecule has 0 radical (unpaired) electrons. The lowest BCUT2D eigenvalue weighted by molar-refractivity contribution is -0.385. The molecule has 0 saturated heterocycles. The highest BCUT2D eigenvalue weighted by Crippen LogP contribution is 2.22. The molecule has 0 aliphatic carbocycles. The van der Waals surface area contributed by atoms with Crippen molar-refractivity contribution >= 4 is 22.6 Å². The number of carbonyl (C=O) groups excluding carboxylic acids is 1. The minimum atomic E-state index is -0.490. The molecule has 8 heteroatoms. The van der Waals surface area contributed by atoms with Crippen molar-refractivity contribution in [3.8, 4) is 5.75 Å². The van der Waals surface area contributed by atoms with Crippen LogP contribution in [-0.4, -0.2) is 25.9 Å². The minimum Gasteiger partial charge on any atom is -0.508 e. The van der Waals surface area contributed by atoms with Crippen molar-refractivity contribution in [3.05, 3.63) is 99.9 Å². The summed E-state index contributed by atoms with van der Waals surface area (Å²) in [5.74, 6) is 0.396. The Morgan fingerprint density at radius 1 is 1.06 bits per heavy atom. The van der Waals surface area contributed by atoms with Crippen molar-refractivity contribution in [3.63, 3.8) is 0 Å². The fourth-order valence-corrected chi connectivity index (χ4v) is 3.48. The number of benzene rings is 3. The number of imidazole rings is 1. The molecule has 31 heavy (non-hydrogen) atoms. The Hall–Kier alpha value is -4.20. The van der Waals surface area contributed by atoms with Crippen LogP contribution in [0.2, 0.25) is 0 Å². The predicted molar refractivity (Wildman–Crippen MR) is 116 cm³/mol. The van der Waals surface area contributed by atoms with Gasteiger partial charge in [0, 0.05) is 11.6 Å². The fraction of sp³-hybridized carbons (Fsp3) is 0.130. The average Bonchev–Trinajstić information content (AvgIpc) is 3.19. The molecule has 0 bridgehead atoms. The van der Waals surface area contributed by atoms with Gasteiger partial charge in [-0.25, -0.2) is 4.98 Å². The number of nitro benzene ring substituents is 1. The minimum absolute atomic E-state index is 0.0866. The normalized spacial score (nSPS) is 11.9. The maximum atomic E-state index is 12.8. The number of aromatic hydroxyl groups is 1. The number of amides is 1. The van der Waals surface area contributed by atoms with Gasteiger partial charge in [0.05, 0.1) is 28.4 Å². The molecular weight excluding hydrogens is 396 g/mol. The van der Waals surface area contributed by atoms with E-state index in [0.29, 0.717) is 17.8 Å². The van der Waals surface area contributed by atoms with Gasteiger partial charge in [0.25, 0.3) is 5.69 Å². The van der Waals surface area contributed by atoms with E-state index in [-0.39, 0.29) is 23.8 Å². The van der Waals surface area contributed by atoms with Crippen LogP contribution in [0.25, 0.3) is 11.0 Å². The molecule has 4 aromatic rings. The van der Waals surface area contributed by atoms with Gasteiger partial charge >= 0.3 is 0 Å². The van der Waals surface area contributed by atoms with Crippen molar-refractivity contribution in [2.75, 3.05) is 0 Å². The number of nitrogens with zero attached hydrogens (tertiary/aromatic N) is 2. The number of nitro groups is 1. The Morgan fingerprint density at radius 3 is 2.52 bits per heavy atom. The Balaban J connectivity index is 1.60. The number of H-pyrrole nitrogens is 1. The highest BCUT2D eigenvalue weighted by atomic mass is 16.6. The summed E-state index contributed by atoms with van der Waals surface area (Å²) in [6.45, 7) is 0. The standard InChI is InChI=1S/C23H20N4O4/c28-17-11-9-15(10-12-17)13-20(23-25-18-6-2-3-7-19(18)26-23)24-22(29)14-16-5-1-4-8-21(16)27(30)31/h1-12,20,28H,13-14H2,(H,24,29)(H,25,26). The Morgan fingerprint density at radius 2 is 1.77 bits per heavy atom. The summed E-state index contributed by atoms with van der Waals surface area (Å²) in [6.07, 6.45) is 0.312. The molecule has 0 aliphatic rings. The number of para-hydroxylation sites is 3. The lowest BCUT2D eigenvalue weighted by atomic mass is 10.0. The summed E-state index contributed by atoms with van der Waals surface area (Å²) >= 11 is 0. The van der Waals surface area contributed by atoms with Gasteiger partial charge in [-0.15, -0.1) is 0 Å². The summed E-state index contributed by atoms with van der Waals surface area (Å²) in [4.78, 5) is 31.4. The lowest BCUT2D eigenvalue weighted by Gasteiger charge is -2.17. The molecule has 1 amide bonds. The first-order valence-electron chi connectivity index (χ1n) is 9.74. The second kappa shape index (κ2) is 8.66. The number of aromatic nitrogens is 2. The monoisotopic (exact) mass is 416 g/mol. The average molecular weight is 416 g/mol. The molecule has 0 spiro atoms. The molecule has 1 heterocycles. The third-order valence-corrected chi connectivity index (χ3v) is 4.99. The van der Waals surface area contributed by atoms with Gasteiger partial charge < -0.3 is 15.4 Å². The van der Waals surface area contributed by atoms with Crippen molar-refractivity contribution in [1.29, 1.82) is 0 Å². The number of carbonyl (C=O) groups is 1. The van der Waals surface area contributed by atoms with Gasteiger partial charge in [-0.3, -0.25) is 14.9 Å². The van der Waals surface area contributed by atoms with Crippen LogP contribution in [0.1, 0.15) is 23.0 Å². The van der Waals surface area contributed by atoms with Crippen LogP contribution in [0.4, 0.5) is 5.69 Å². The molecule has 3 N–H and O–H groups in total. The molecule has 1 aromatic heterocycles. The smallest absolute Gasteiger partial charge is 0.273 e. The first kappa shape index (κ1) is 20.1. The molecule has 8 nitrogen and oxygen atoms in total. The summed E-state index contributed by atoms with van der Waals surface area (Å²) in [7, 11) is 0. The highest BCUT2D eigenvalue weighted by molar-refractivity contribution is 5.80. The number of nitrogens with one attached hydrogen (secondary N) is 2. The van der Waals surface area contributed by atoms with E-state index in [1.54, 1.807) is 42.5 Å². The third-order valence-electron chi connectivity index (χ3n) is 4.99. The van der Waals surface area contributed by atoms with E-state index in [1.165, 1.54) is 6.07 Å². The Kier molecular flexibility index (Phi) is 5.61. The van der Waals surface area contributed by atoms with Crippen LogP contribution in [0.5, 0.6) is 5.75 Å². The topological polar surface area (TPSA) is 121 Å². The van der Waals surface area contributed by atoms with E-state index >= 15 is 0 Å². The van der Waals surface area contributed by atoms with Crippen molar-refractivity contribution in [1.82, 2.24) is 15.3 Å². The van der Waals surface area contributed by atoms with Crippen LogP contribution in [0, 0.1) is 10.1 Å². The number of hydrogen-bond donors (Lipinski definition) is 3. The second-order valence-corrected chi connectivity index (χ2v) is 7.19. The van der Waals surface area contributed by atoms with Gasteiger partial charge in [-0.05, 0) is 36.2 Å². The molecule has 0 saturated carbocycles. The first-order valence-corrected chi connectivity index (χ1v) is 9.74. The summed E-state index contributed by atoms with van der Waals surface area (Å²) in [5, 5.41) is 23.7. The maximum absolute atomic E-state index is 12.8. The van der Waals surface area contributed by atoms with Gasteiger partial charge in [0.1, 0.15) is 11.6 Å². The van der Waals surface area contributed by atoms with E-state index in [2.05, 4.69) is 15.3 Å². The molecule has 1 atom stereocenters. The number of rotatable bonds is 7. The van der Waals surface area contributed by atoms with Crippen LogP contribution in [0.15, 0.2) is 72.8 Å². The summed E-state index contributed by atoms with van der Waals surface area (Å²) < 4.78 is 0. The molecule has 1 unspecified atom stereocenters. The van der Waals surface area contributed by atoms with Crippen LogP contribution in [0.3, 0.4) is 0 Å². The van der Waals surface area contributed by atoms with Crippen molar-refractivity contribution < 1.29 is 14.8 Å². The first-order chi connectivity index (χ1) is 15.0. The van der Waals surface area contributed by atoms with Gasteiger partial charge in [-0.2, -0.15) is 0 Å².